The summed E-state index contributed by atoms with van der Waals surface area (Å²) >= 11 is 1.29. The first-order chi connectivity index (χ1) is 13.0. The molecule has 1 fully saturated rings. The Balaban J connectivity index is 0.00000392. The standard InChI is InChI=1S/C18H32N4O3S2.HI/c1-4-15(5-2)13-20-18(19-6-3)21-14-16-7-8-17(26-16)27(23,24)22-9-11-25-12-10-22;/h7-8,15H,4-6,9-14H2,1-3H3,(H2,19,20,21);1H. The number of rotatable bonds is 9. The number of guanidine groups is 1. The van der Waals surface area contributed by atoms with Gasteiger partial charge in [-0.1, -0.05) is 26.7 Å². The van der Waals surface area contributed by atoms with Crippen molar-refractivity contribution in [3.8, 4) is 0 Å². The zero-order chi connectivity index (χ0) is 19.7. The molecule has 2 heterocycles. The van der Waals surface area contributed by atoms with Crippen LogP contribution in [0.1, 0.15) is 38.5 Å². The highest BCUT2D eigenvalue weighted by Gasteiger charge is 2.27. The average molecular weight is 545 g/mol. The molecule has 10 heteroatoms. The van der Waals surface area contributed by atoms with E-state index in [0.717, 1.165) is 36.8 Å². The molecule has 0 amide bonds. The van der Waals surface area contributed by atoms with Crippen molar-refractivity contribution in [3.63, 3.8) is 0 Å². The molecular formula is C18H33IN4O3S2. The van der Waals surface area contributed by atoms with Crippen LogP contribution in [0.4, 0.5) is 0 Å². The van der Waals surface area contributed by atoms with Gasteiger partial charge in [-0.25, -0.2) is 13.4 Å². The van der Waals surface area contributed by atoms with Crippen molar-refractivity contribution >= 4 is 51.3 Å². The molecule has 1 aliphatic rings. The summed E-state index contributed by atoms with van der Waals surface area (Å²) in [5.41, 5.74) is 0. The number of thiophene rings is 1. The Morgan fingerprint density at radius 3 is 2.50 bits per heavy atom. The average Bonchev–Trinajstić information content (AvgIpc) is 3.17. The first-order valence-electron chi connectivity index (χ1n) is 9.70. The largest absolute Gasteiger partial charge is 0.379 e. The van der Waals surface area contributed by atoms with E-state index in [2.05, 4.69) is 29.5 Å². The minimum absolute atomic E-state index is 0. The van der Waals surface area contributed by atoms with Crippen LogP contribution in [0.15, 0.2) is 21.3 Å². The van der Waals surface area contributed by atoms with Gasteiger partial charge in [-0.2, -0.15) is 4.31 Å². The zero-order valence-corrected chi connectivity index (χ0v) is 20.9. The van der Waals surface area contributed by atoms with Gasteiger partial charge < -0.3 is 15.4 Å². The molecule has 162 valence electrons. The van der Waals surface area contributed by atoms with Gasteiger partial charge in [-0.3, -0.25) is 0 Å². The summed E-state index contributed by atoms with van der Waals surface area (Å²) in [5, 5.41) is 6.63. The van der Waals surface area contributed by atoms with Crippen LogP contribution in [0.3, 0.4) is 0 Å². The van der Waals surface area contributed by atoms with Crippen LogP contribution in [-0.2, 0) is 21.3 Å². The number of sulfonamides is 1. The fourth-order valence-electron chi connectivity index (χ4n) is 2.81. The van der Waals surface area contributed by atoms with Crippen molar-refractivity contribution in [1.82, 2.24) is 14.9 Å². The first kappa shape index (κ1) is 25.6. The second kappa shape index (κ2) is 13.0. The summed E-state index contributed by atoms with van der Waals surface area (Å²) in [7, 11) is -3.43. The molecule has 1 aromatic rings. The summed E-state index contributed by atoms with van der Waals surface area (Å²) in [6, 6.07) is 3.54. The van der Waals surface area contributed by atoms with Gasteiger partial charge in [0, 0.05) is 31.1 Å². The molecule has 2 rings (SSSR count). The second-order valence-electron chi connectivity index (χ2n) is 6.50. The molecule has 0 bridgehead atoms. The predicted octanol–water partition coefficient (Wildman–Crippen LogP) is 2.88. The van der Waals surface area contributed by atoms with E-state index in [1.54, 1.807) is 6.07 Å². The molecule has 2 N–H and O–H groups in total. The lowest BCUT2D eigenvalue weighted by Gasteiger charge is -2.25. The maximum atomic E-state index is 12.7. The second-order valence-corrected chi connectivity index (χ2v) is 9.83. The molecule has 0 atom stereocenters. The Bertz CT molecular complexity index is 699. The molecular weight excluding hydrogens is 511 g/mol. The number of hydrogen-bond acceptors (Lipinski definition) is 5. The van der Waals surface area contributed by atoms with Crippen LogP contribution in [0.5, 0.6) is 0 Å². The molecule has 28 heavy (non-hydrogen) atoms. The van der Waals surface area contributed by atoms with E-state index in [4.69, 9.17) is 4.74 Å². The highest BCUT2D eigenvalue weighted by atomic mass is 127. The molecule has 0 aromatic carbocycles. The van der Waals surface area contributed by atoms with Crippen molar-refractivity contribution in [2.45, 2.75) is 44.4 Å². The topological polar surface area (TPSA) is 83.0 Å². The minimum Gasteiger partial charge on any atom is -0.379 e. The normalized spacial score (nSPS) is 16.1. The van der Waals surface area contributed by atoms with Gasteiger partial charge in [0.15, 0.2) is 5.96 Å². The highest BCUT2D eigenvalue weighted by Crippen LogP contribution is 2.26. The first-order valence-corrected chi connectivity index (χ1v) is 12.0. The summed E-state index contributed by atoms with van der Waals surface area (Å²) in [6.07, 6.45) is 2.27. The van der Waals surface area contributed by atoms with E-state index in [9.17, 15) is 8.42 Å². The Labute approximate surface area is 190 Å². The molecule has 0 radical (unpaired) electrons. The summed E-state index contributed by atoms with van der Waals surface area (Å²) < 4.78 is 32.5. The molecule has 0 aliphatic carbocycles. The number of nitrogens with one attached hydrogen (secondary N) is 2. The maximum absolute atomic E-state index is 12.7. The lowest BCUT2D eigenvalue weighted by molar-refractivity contribution is 0.0731. The number of hydrogen-bond donors (Lipinski definition) is 2. The van der Waals surface area contributed by atoms with E-state index >= 15 is 0 Å². The van der Waals surface area contributed by atoms with Gasteiger partial charge in [0.1, 0.15) is 4.21 Å². The van der Waals surface area contributed by atoms with Gasteiger partial charge in [0.05, 0.1) is 19.8 Å². The monoisotopic (exact) mass is 544 g/mol. The SMILES string of the molecule is CCNC(=NCc1ccc(S(=O)(=O)N2CCOCC2)s1)NCC(CC)CC.I. The smallest absolute Gasteiger partial charge is 0.252 e. The van der Waals surface area contributed by atoms with Crippen molar-refractivity contribution in [2.24, 2.45) is 10.9 Å². The van der Waals surface area contributed by atoms with E-state index in [1.165, 1.54) is 15.6 Å². The van der Waals surface area contributed by atoms with E-state index in [0.29, 0.717) is 43.0 Å². The van der Waals surface area contributed by atoms with Crippen LogP contribution >= 0.6 is 35.3 Å². The van der Waals surface area contributed by atoms with Crippen LogP contribution in [0.25, 0.3) is 0 Å². The molecule has 1 aromatic heterocycles. The molecule has 0 unspecified atom stereocenters. The quantitative estimate of drug-likeness (QED) is 0.284. The third-order valence-electron chi connectivity index (χ3n) is 4.65. The molecule has 1 saturated heterocycles. The van der Waals surface area contributed by atoms with Crippen LogP contribution in [0.2, 0.25) is 0 Å². The molecule has 7 nitrogen and oxygen atoms in total. The number of ether oxygens (including phenoxy) is 1. The number of morpholine rings is 1. The summed E-state index contributed by atoms with van der Waals surface area (Å²) in [4.78, 5) is 5.54. The predicted molar refractivity (Wildman–Crippen MR) is 126 cm³/mol. The molecule has 1 aliphatic heterocycles. The Kier molecular flexibility index (Phi) is 11.9. The van der Waals surface area contributed by atoms with Crippen LogP contribution < -0.4 is 10.6 Å². The Morgan fingerprint density at radius 2 is 1.89 bits per heavy atom. The van der Waals surface area contributed by atoms with Crippen LogP contribution in [0, 0.1) is 5.92 Å². The number of aliphatic imine (C=N–C) groups is 1. The van der Waals surface area contributed by atoms with Gasteiger partial charge in [-0.15, -0.1) is 35.3 Å². The van der Waals surface area contributed by atoms with Gasteiger partial charge >= 0.3 is 0 Å². The van der Waals surface area contributed by atoms with E-state index in [-0.39, 0.29) is 24.0 Å². The van der Waals surface area contributed by atoms with Crippen molar-refractivity contribution in [1.29, 1.82) is 0 Å². The van der Waals surface area contributed by atoms with Crippen molar-refractivity contribution in [3.05, 3.63) is 17.0 Å². The van der Waals surface area contributed by atoms with Gasteiger partial charge in [-0.05, 0) is 25.0 Å². The third kappa shape index (κ3) is 7.43. The highest BCUT2D eigenvalue weighted by molar-refractivity contribution is 14.0. The van der Waals surface area contributed by atoms with E-state index < -0.39 is 10.0 Å². The number of halogens is 1. The summed E-state index contributed by atoms with van der Waals surface area (Å²) in [5.74, 6) is 1.40. The zero-order valence-electron chi connectivity index (χ0n) is 16.9. The third-order valence-corrected chi connectivity index (χ3v) is 8.09. The maximum Gasteiger partial charge on any atom is 0.252 e. The van der Waals surface area contributed by atoms with E-state index in [1.807, 2.05) is 13.0 Å². The lowest BCUT2D eigenvalue weighted by atomic mass is 10.0. The Morgan fingerprint density at radius 1 is 1.21 bits per heavy atom. The van der Waals surface area contributed by atoms with Crippen LogP contribution in [-0.4, -0.2) is 58.1 Å². The number of nitrogens with zero attached hydrogens (tertiary/aromatic N) is 2. The Hall–Kier alpha value is -0.430. The fraction of sp³-hybridized carbons (Fsp3) is 0.722. The molecule has 0 saturated carbocycles. The minimum atomic E-state index is -3.43. The fourth-order valence-corrected chi connectivity index (χ4v) is 5.66. The van der Waals surface area contributed by atoms with Gasteiger partial charge in [0.25, 0.3) is 10.0 Å². The lowest BCUT2D eigenvalue weighted by Crippen LogP contribution is -2.40. The summed E-state index contributed by atoms with van der Waals surface area (Å²) in [6.45, 7) is 10.3. The van der Waals surface area contributed by atoms with Gasteiger partial charge in [0.2, 0.25) is 0 Å². The van der Waals surface area contributed by atoms with Crippen molar-refractivity contribution < 1.29 is 13.2 Å². The molecule has 0 spiro atoms. The van der Waals surface area contributed by atoms with Crippen molar-refractivity contribution in [2.75, 3.05) is 39.4 Å².